The summed E-state index contributed by atoms with van der Waals surface area (Å²) in [6.07, 6.45) is 5.41. The number of rotatable bonds is 4. The third-order valence-corrected chi connectivity index (χ3v) is 4.24. The van der Waals surface area contributed by atoms with Gasteiger partial charge < -0.3 is 10.5 Å². The molecule has 2 N–H and O–H groups in total. The molecular weight excluding hydrogens is 242 g/mol. The van der Waals surface area contributed by atoms with Gasteiger partial charge in [0.2, 0.25) is 0 Å². The summed E-state index contributed by atoms with van der Waals surface area (Å²) in [5.41, 5.74) is 7.37. The van der Waals surface area contributed by atoms with Gasteiger partial charge in [0.15, 0.2) is 0 Å². The molecule has 3 unspecified atom stereocenters. The fraction of sp³-hybridized carbons (Fsp3) is 0.846. The van der Waals surface area contributed by atoms with Crippen molar-refractivity contribution in [3.05, 3.63) is 11.9 Å². The fourth-order valence-corrected chi connectivity index (χ4v) is 3.16. The van der Waals surface area contributed by atoms with Gasteiger partial charge in [0.05, 0.1) is 30.6 Å². The van der Waals surface area contributed by atoms with Gasteiger partial charge in [-0.05, 0) is 25.8 Å². The van der Waals surface area contributed by atoms with Crippen molar-refractivity contribution < 1.29 is 4.74 Å². The van der Waals surface area contributed by atoms with E-state index in [0.29, 0.717) is 6.04 Å². The summed E-state index contributed by atoms with van der Waals surface area (Å²) >= 11 is 0. The molecule has 3 atom stereocenters. The predicted molar refractivity (Wildman–Crippen MR) is 71.6 cm³/mol. The number of ether oxygens (including phenoxy) is 1. The second-order valence-electron chi connectivity index (χ2n) is 5.57. The lowest BCUT2D eigenvalue weighted by Crippen LogP contribution is -2.50. The van der Waals surface area contributed by atoms with Crippen molar-refractivity contribution in [3.8, 4) is 0 Å². The van der Waals surface area contributed by atoms with Crippen molar-refractivity contribution >= 4 is 0 Å². The maximum Gasteiger partial charge on any atom is 0.0910 e. The highest BCUT2D eigenvalue weighted by atomic mass is 16.5. The Kier molecular flexibility index (Phi) is 3.81. The van der Waals surface area contributed by atoms with E-state index in [4.69, 9.17) is 10.5 Å². The summed E-state index contributed by atoms with van der Waals surface area (Å²) in [5, 5.41) is 8.09. The minimum Gasteiger partial charge on any atom is -0.373 e. The number of fused-ring (bicyclic) bond motifs is 1. The molecule has 0 spiro atoms. The molecule has 6 heteroatoms. The van der Waals surface area contributed by atoms with Crippen molar-refractivity contribution in [2.75, 3.05) is 19.7 Å². The van der Waals surface area contributed by atoms with Gasteiger partial charge in [-0.25, -0.2) is 4.68 Å². The third kappa shape index (κ3) is 2.52. The van der Waals surface area contributed by atoms with Crippen LogP contribution in [-0.2, 0) is 11.3 Å². The summed E-state index contributed by atoms with van der Waals surface area (Å²) in [7, 11) is 0. The van der Waals surface area contributed by atoms with E-state index in [0.717, 1.165) is 31.8 Å². The van der Waals surface area contributed by atoms with Crippen molar-refractivity contribution in [2.45, 2.75) is 50.9 Å². The Morgan fingerprint density at radius 3 is 3.32 bits per heavy atom. The van der Waals surface area contributed by atoms with Crippen LogP contribution in [0, 0.1) is 0 Å². The summed E-state index contributed by atoms with van der Waals surface area (Å²) in [4.78, 5) is 2.52. The normalized spacial score (nSPS) is 29.4. The quantitative estimate of drug-likeness (QED) is 0.861. The molecular formula is C13H23N5O. The van der Waals surface area contributed by atoms with E-state index in [9.17, 15) is 0 Å². The lowest BCUT2D eigenvalue weighted by molar-refractivity contribution is -0.0607. The molecule has 3 rings (SSSR count). The van der Waals surface area contributed by atoms with Crippen LogP contribution >= 0.6 is 0 Å². The minimum atomic E-state index is -0.136. The first-order valence-electron chi connectivity index (χ1n) is 7.29. The zero-order valence-electron chi connectivity index (χ0n) is 11.5. The maximum atomic E-state index is 6.38. The largest absolute Gasteiger partial charge is 0.373 e. The van der Waals surface area contributed by atoms with Gasteiger partial charge in [-0.3, -0.25) is 4.90 Å². The van der Waals surface area contributed by atoms with Crippen LogP contribution in [0.4, 0.5) is 0 Å². The molecule has 1 aromatic heterocycles. The Morgan fingerprint density at radius 1 is 1.58 bits per heavy atom. The lowest BCUT2D eigenvalue weighted by Gasteiger charge is -2.37. The number of aryl methyl sites for hydroxylation is 1. The molecule has 0 saturated carbocycles. The standard InChI is InChI=1S/C13H23N5O/c1-2-5-18-11(7-15-16-18)13(14)12-8-17-6-3-4-10(17)9-19-12/h7,10,12-13H,2-6,8-9,14H2,1H3. The molecule has 106 valence electrons. The monoisotopic (exact) mass is 265 g/mol. The van der Waals surface area contributed by atoms with Gasteiger partial charge in [-0.2, -0.15) is 0 Å². The second kappa shape index (κ2) is 5.56. The minimum absolute atomic E-state index is 0.0588. The van der Waals surface area contributed by atoms with Crippen molar-refractivity contribution in [2.24, 2.45) is 5.73 Å². The molecule has 2 aliphatic rings. The molecule has 2 saturated heterocycles. The van der Waals surface area contributed by atoms with Crippen molar-refractivity contribution in [1.29, 1.82) is 0 Å². The molecule has 0 amide bonds. The smallest absolute Gasteiger partial charge is 0.0910 e. The van der Waals surface area contributed by atoms with E-state index >= 15 is 0 Å². The topological polar surface area (TPSA) is 69.2 Å². The van der Waals surface area contributed by atoms with Gasteiger partial charge in [0.1, 0.15) is 0 Å². The van der Waals surface area contributed by atoms with E-state index in [2.05, 4.69) is 22.1 Å². The van der Waals surface area contributed by atoms with Crippen LogP contribution in [0.25, 0.3) is 0 Å². The lowest BCUT2D eigenvalue weighted by atomic mass is 10.1. The fourth-order valence-electron chi connectivity index (χ4n) is 3.16. The predicted octanol–water partition coefficient (Wildman–Crippen LogP) is 0.551. The van der Waals surface area contributed by atoms with Gasteiger partial charge in [0.25, 0.3) is 0 Å². The van der Waals surface area contributed by atoms with E-state index in [1.807, 2.05) is 4.68 Å². The first-order valence-corrected chi connectivity index (χ1v) is 7.29. The maximum absolute atomic E-state index is 6.38. The van der Waals surface area contributed by atoms with Crippen LogP contribution in [0.15, 0.2) is 6.20 Å². The van der Waals surface area contributed by atoms with Crippen LogP contribution < -0.4 is 5.73 Å². The SMILES string of the molecule is CCCn1nncc1C(N)C1CN2CCCC2CO1. The highest BCUT2D eigenvalue weighted by Crippen LogP contribution is 2.27. The highest BCUT2D eigenvalue weighted by molar-refractivity contribution is 5.06. The van der Waals surface area contributed by atoms with E-state index < -0.39 is 0 Å². The summed E-state index contributed by atoms with van der Waals surface area (Å²) in [5.74, 6) is 0. The Labute approximate surface area is 113 Å². The van der Waals surface area contributed by atoms with Crippen LogP contribution in [-0.4, -0.2) is 51.7 Å². The van der Waals surface area contributed by atoms with Gasteiger partial charge in [-0.15, -0.1) is 5.10 Å². The molecule has 2 fully saturated rings. The first kappa shape index (κ1) is 13.0. The molecule has 0 radical (unpaired) electrons. The molecule has 0 bridgehead atoms. The van der Waals surface area contributed by atoms with Crippen LogP contribution in [0.3, 0.4) is 0 Å². The van der Waals surface area contributed by atoms with Gasteiger partial charge >= 0.3 is 0 Å². The summed E-state index contributed by atoms with van der Waals surface area (Å²) in [6, 6.07) is 0.477. The number of nitrogens with zero attached hydrogens (tertiary/aromatic N) is 4. The van der Waals surface area contributed by atoms with Crippen LogP contribution in [0.1, 0.15) is 37.9 Å². The number of hydrogen-bond donors (Lipinski definition) is 1. The average Bonchev–Trinajstić information content (AvgIpc) is 3.05. The summed E-state index contributed by atoms with van der Waals surface area (Å²) < 4.78 is 7.88. The summed E-state index contributed by atoms with van der Waals surface area (Å²) in [6.45, 7) is 5.92. The number of nitrogens with two attached hydrogens (primary N) is 1. The van der Waals surface area contributed by atoms with E-state index in [1.165, 1.54) is 19.4 Å². The second-order valence-corrected chi connectivity index (χ2v) is 5.57. The number of aromatic nitrogens is 3. The van der Waals surface area contributed by atoms with Crippen molar-refractivity contribution in [3.63, 3.8) is 0 Å². The van der Waals surface area contributed by atoms with Gasteiger partial charge in [-0.1, -0.05) is 12.1 Å². The molecule has 2 aliphatic heterocycles. The highest BCUT2D eigenvalue weighted by Gasteiger charge is 2.36. The van der Waals surface area contributed by atoms with E-state index in [1.54, 1.807) is 6.20 Å². The molecule has 3 heterocycles. The first-order chi connectivity index (χ1) is 9.29. The Bertz CT molecular complexity index is 421. The van der Waals surface area contributed by atoms with Crippen LogP contribution in [0.2, 0.25) is 0 Å². The number of morpholine rings is 1. The average molecular weight is 265 g/mol. The molecule has 1 aromatic rings. The number of hydrogen-bond acceptors (Lipinski definition) is 5. The molecule has 0 aliphatic carbocycles. The molecule has 19 heavy (non-hydrogen) atoms. The van der Waals surface area contributed by atoms with Crippen LogP contribution in [0.5, 0.6) is 0 Å². The van der Waals surface area contributed by atoms with Crippen molar-refractivity contribution in [1.82, 2.24) is 19.9 Å². The van der Waals surface area contributed by atoms with E-state index in [-0.39, 0.29) is 12.1 Å². The Hall–Kier alpha value is -0.980. The van der Waals surface area contributed by atoms with Gasteiger partial charge in [0, 0.05) is 19.1 Å². The molecule has 6 nitrogen and oxygen atoms in total. The third-order valence-electron chi connectivity index (χ3n) is 4.24. The Balaban J connectivity index is 1.69. The Morgan fingerprint density at radius 2 is 2.47 bits per heavy atom. The molecule has 0 aromatic carbocycles. The zero-order valence-corrected chi connectivity index (χ0v) is 11.5. The zero-order chi connectivity index (χ0) is 13.2.